The number of carboxylic acid groups (broad SMARTS) is 1. The Kier molecular flexibility index (Phi) is 1.36. The molecule has 0 spiro atoms. The molecule has 0 saturated heterocycles. The molecular weight excluding hydrogens is 158 g/mol. The van der Waals surface area contributed by atoms with Gasteiger partial charge in [0.25, 0.3) is 0 Å². The number of aliphatic carboxylic acids is 1. The minimum absolute atomic E-state index is 0.334. The first kappa shape index (κ1) is 6.90. The molecule has 1 aromatic rings. The second-order valence-electron chi connectivity index (χ2n) is 2.50. The Labute approximate surface area is 68.3 Å². The number of carboxylic acids is 1. The van der Waals surface area contributed by atoms with Gasteiger partial charge < -0.3 is 10.4 Å². The van der Waals surface area contributed by atoms with E-state index < -0.39 is 5.97 Å². The summed E-state index contributed by atoms with van der Waals surface area (Å²) in [5.74, 6) is -0.0816. The number of carbonyl (C=O) groups is 1. The lowest BCUT2D eigenvalue weighted by atomic mass is 10.2. The van der Waals surface area contributed by atoms with E-state index in [0.717, 1.165) is 5.82 Å². The van der Waals surface area contributed by atoms with Crippen molar-refractivity contribution in [2.24, 2.45) is 0 Å². The van der Waals surface area contributed by atoms with Crippen molar-refractivity contribution in [2.45, 2.75) is 0 Å². The summed E-state index contributed by atoms with van der Waals surface area (Å²) < 4.78 is 1.65. The largest absolute Gasteiger partial charge is 0.478 e. The number of hydrogen-bond acceptors (Lipinski definition) is 3. The van der Waals surface area contributed by atoms with Crippen LogP contribution in [-0.4, -0.2) is 27.2 Å². The van der Waals surface area contributed by atoms with Gasteiger partial charge in [-0.1, -0.05) is 0 Å². The number of hydrogen-bond donors (Lipinski definition) is 2. The number of aromatic nitrogens is 2. The molecule has 2 rings (SSSR count). The number of nitrogens with one attached hydrogen (secondary N) is 1. The van der Waals surface area contributed by atoms with Gasteiger partial charge in [0.1, 0.15) is 12.1 Å². The van der Waals surface area contributed by atoms with E-state index >= 15 is 0 Å². The quantitative estimate of drug-likeness (QED) is 0.625. The number of imidazole rings is 1. The zero-order valence-electron chi connectivity index (χ0n) is 6.19. The lowest BCUT2D eigenvalue weighted by molar-refractivity contribution is -0.132. The number of fused-ring (bicyclic) bond motifs is 1. The zero-order chi connectivity index (χ0) is 8.55. The third kappa shape index (κ3) is 0.952. The predicted octanol–water partition coefficient (Wildman–Crippen LogP) is 0.234. The summed E-state index contributed by atoms with van der Waals surface area (Å²) in [6.07, 6.45) is 4.76. The van der Waals surface area contributed by atoms with Crippen LogP contribution >= 0.6 is 0 Å². The van der Waals surface area contributed by atoms with E-state index in [4.69, 9.17) is 5.11 Å². The van der Waals surface area contributed by atoms with E-state index in [1.54, 1.807) is 23.3 Å². The lowest BCUT2D eigenvalue weighted by Crippen LogP contribution is -2.18. The molecule has 5 heteroatoms. The molecule has 1 aliphatic rings. The van der Waals surface area contributed by atoms with E-state index in [9.17, 15) is 4.79 Å². The highest BCUT2D eigenvalue weighted by Gasteiger charge is 2.13. The molecule has 2 N–H and O–H groups in total. The minimum atomic E-state index is -0.901. The Bertz CT molecular complexity index is 353. The first-order valence-electron chi connectivity index (χ1n) is 3.47. The molecule has 0 atom stereocenters. The van der Waals surface area contributed by atoms with E-state index in [-0.39, 0.29) is 0 Å². The van der Waals surface area contributed by atoms with Gasteiger partial charge in [0.15, 0.2) is 0 Å². The molecule has 0 bridgehead atoms. The van der Waals surface area contributed by atoms with Crippen LogP contribution in [0, 0.1) is 0 Å². The fourth-order valence-corrected chi connectivity index (χ4v) is 1.07. The maximum absolute atomic E-state index is 10.5. The molecule has 5 nitrogen and oxygen atoms in total. The van der Waals surface area contributed by atoms with Gasteiger partial charge in [0, 0.05) is 6.20 Å². The van der Waals surface area contributed by atoms with Crippen LogP contribution in [0.4, 0.5) is 5.82 Å². The lowest BCUT2D eigenvalue weighted by Gasteiger charge is -2.13. The molecule has 12 heavy (non-hydrogen) atoms. The zero-order valence-corrected chi connectivity index (χ0v) is 6.19. The molecule has 0 saturated carbocycles. The molecule has 0 radical (unpaired) electrons. The van der Waals surface area contributed by atoms with E-state index in [1.807, 2.05) is 0 Å². The van der Waals surface area contributed by atoms with Gasteiger partial charge in [-0.15, -0.1) is 0 Å². The number of rotatable bonds is 1. The minimum Gasteiger partial charge on any atom is -0.478 e. The second-order valence-corrected chi connectivity index (χ2v) is 2.50. The highest BCUT2D eigenvalue weighted by atomic mass is 16.4. The van der Waals surface area contributed by atoms with Gasteiger partial charge in [-0.2, -0.15) is 0 Å². The number of anilines is 1. The summed E-state index contributed by atoms with van der Waals surface area (Å²) in [5, 5.41) is 11.6. The molecule has 0 fully saturated rings. The molecular formula is C7H7N3O2. The van der Waals surface area contributed by atoms with Gasteiger partial charge in [-0.05, 0) is 0 Å². The monoisotopic (exact) mass is 165 g/mol. The summed E-state index contributed by atoms with van der Waals surface area (Å²) in [6, 6.07) is 0. The maximum Gasteiger partial charge on any atom is 0.334 e. The smallest absolute Gasteiger partial charge is 0.334 e. The predicted molar refractivity (Wildman–Crippen MR) is 42.6 cm³/mol. The van der Waals surface area contributed by atoms with Crippen LogP contribution in [0.25, 0.3) is 6.20 Å². The van der Waals surface area contributed by atoms with Gasteiger partial charge >= 0.3 is 5.97 Å². The van der Waals surface area contributed by atoms with Crippen LogP contribution < -0.4 is 5.32 Å². The summed E-state index contributed by atoms with van der Waals surface area (Å²) in [4.78, 5) is 14.4. The Hall–Kier alpha value is -1.78. The van der Waals surface area contributed by atoms with Crippen molar-refractivity contribution >= 4 is 18.0 Å². The van der Waals surface area contributed by atoms with Crippen LogP contribution in [0.1, 0.15) is 0 Å². The normalized spacial score (nSPS) is 14.5. The van der Waals surface area contributed by atoms with E-state index in [2.05, 4.69) is 10.3 Å². The maximum atomic E-state index is 10.5. The summed E-state index contributed by atoms with van der Waals surface area (Å²) in [7, 11) is 0. The fraction of sp³-hybridized carbons (Fsp3) is 0.143. The first-order chi connectivity index (χ1) is 5.77. The molecule has 0 amide bonds. The standard InChI is InChI=1S/C7H7N3O2/c11-7(12)5-1-9-6-2-8-4-10(6)3-5/h2-4,9H,1H2,(H,11,12). The highest BCUT2D eigenvalue weighted by Crippen LogP contribution is 2.14. The number of nitrogens with zero attached hydrogens (tertiary/aromatic N) is 2. The second kappa shape index (κ2) is 2.37. The van der Waals surface area contributed by atoms with Gasteiger partial charge in [-0.25, -0.2) is 9.78 Å². The van der Waals surface area contributed by atoms with Crippen LogP contribution in [0.5, 0.6) is 0 Å². The molecule has 0 unspecified atom stereocenters. The summed E-state index contributed by atoms with van der Waals surface area (Å²) in [5.41, 5.74) is 0.334. The van der Waals surface area contributed by atoms with Crippen LogP contribution in [0.15, 0.2) is 18.1 Å². The Morgan fingerprint density at radius 2 is 2.58 bits per heavy atom. The summed E-state index contributed by atoms with van der Waals surface area (Å²) >= 11 is 0. The van der Waals surface area contributed by atoms with E-state index in [1.165, 1.54) is 0 Å². The molecule has 1 aliphatic heterocycles. The van der Waals surface area contributed by atoms with Crippen molar-refractivity contribution in [3.8, 4) is 0 Å². The molecule has 62 valence electrons. The van der Waals surface area contributed by atoms with Gasteiger partial charge in [0.05, 0.1) is 18.3 Å². The Morgan fingerprint density at radius 1 is 1.75 bits per heavy atom. The van der Waals surface area contributed by atoms with Crippen LogP contribution in [-0.2, 0) is 4.79 Å². The first-order valence-corrected chi connectivity index (χ1v) is 3.47. The van der Waals surface area contributed by atoms with Crippen molar-refractivity contribution in [3.63, 3.8) is 0 Å². The van der Waals surface area contributed by atoms with Crippen molar-refractivity contribution in [1.29, 1.82) is 0 Å². The van der Waals surface area contributed by atoms with Crippen molar-refractivity contribution in [3.05, 3.63) is 18.1 Å². The Balaban J connectivity index is 2.41. The van der Waals surface area contributed by atoms with Crippen LogP contribution in [0.3, 0.4) is 0 Å². The SMILES string of the molecule is O=C(O)C1=Cn2cncc2NC1. The third-order valence-corrected chi connectivity index (χ3v) is 1.70. The molecule has 0 aromatic carbocycles. The van der Waals surface area contributed by atoms with Crippen molar-refractivity contribution in [1.82, 2.24) is 9.55 Å². The topological polar surface area (TPSA) is 67.1 Å². The molecule has 2 heterocycles. The fourth-order valence-electron chi connectivity index (χ4n) is 1.07. The highest BCUT2D eigenvalue weighted by molar-refractivity contribution is 5.92. The van der Waals surface area contributed by atoms with E-state index in [0.29, 0.717) is 12.1 Å². The molecule has 1 aromatic heterocycles. The average molecular weight is 165 g/mol. The average Bonchev–Trinajstić information content (AvgIpc) is 2.49. The third-order valence-electron chi connectivity index (χ3n) is 1.70. The summed E-state index contributed by atoms with van der Waals surface area (Å²) in [6.45, 7) is 0.348. The Morgan fingerprint density at radius 3 is 3.33 bits per heavy atom. The van der Waals surface area contributed by atoms with Gasteiger partial charge in [-0.3, -0.25) is 4.57 Å². The van der Waals surface area contributed by atoms with Crippen molar-refractivity contribution < 1.29 is 9.90 Å². The molecule has 0 aliphatic carbocycles. The van der Waals surface area contributed by atoms with Crippen molar-refractivity contribution in [2.75, 3.05) is 11.9 Å². The van der Waals surface area contributed by atoms with Crippen LogP contribution in [0.2, 0.25) is 0 Å². The van der Waals surface area contributed by atoms with Gasteiger partial charge in [0.2, 0.25) is 0 Å².